The van der Waals surface area contributed by atoms with E-state index in [1.807, 2.05) is 0 Å². The molecule has 0 aromatic heterocycles. The van der Waals surface area contributed by atoms with Crippen LogP contribution in [0.25, 0.3) is 0 Å². The zero-order chi connectivity index (χ0) is 11.7. The van der Waals surface area contributed by atoms with Crippen LogP contribution in [0.3, 0.4) is 0 Å². The van der Waals surface area contributed by atoms with Crippen LogP contribution in [0.15, 0.2) is 0 Å². The van der Waals surface area contributed by atoms with E-state index in [4.69, 9.17) is 4.74 Å². The fraction of sp³-hybridized carbons (Fsp3) is 0.889. The summed E-state index contributed by atoms with van der Waals surface area (Å²) in [7, 11) is 0. The zero-order valence-corrected chi connectivity index (χ0v) is 9.19. The van der Waals surface area contributed by atoms with Gasteiger partial charge in [-0.05, 0) is 12.3 Å². The first kappa shape index (κ1) is 13.8. The molecule has 0 fully saturated rings. The molecule has 88 valence electrons. The Bertz CT molecular complexity index is 206. The van der Waals surface area contributed by atoms with Crippen molar-refractivity contribution in [1.82, 2.24) is 5.32 Å². The van der Waals surface area contributed by atoms with Gasteiger partial charge in [-0.2, -0.15) is 0 Å². The van der Waals surface area contributed by atoms with Crippen molar-refractivity contribution in [3.05, 3.63) is 10.1 Å². The number of carbonyl (C=O) groups excluding carboxylic acids is 1. The molecular weight excluding hydrogens is 200 g/mol. The second-order valence-electron chi connectivity index (χ2n) is 3.64. The molecule has 0 aromatic rings. The predicted octanol–water partition coefficient (Wildman–Crippen LogP) is 0.442. The lowest BCUT2D eigenvalue weighted by molar-refractivity contribution is -0.467. The van der Waals surface area contributed by atoms with E-state index in [-0.39, 0.29) is 0 Å². The van der Waals surface area contributed by atoms with Crippen molar-refractivity contribution in [2.24, 2.45) is 5.92 Å². The minimum Gasteiger partial charge on any atom is -0.380 e. The van der Waals surface area contributed by atoms with Gasteiger partial charge in [0.1, 0.15) is 0 Å². The first-order valence-electron chi connectivity index (χ1n) is 4.98. The number of nitrogens with zero attached hydrogens (tertiary/aromatic N) is 1. The minimum absolute atomic E-state index is 0.324. The first-order valence-corrected chi connectivity index (χ1v) is 4.98. The summed E-state index contributed by atoms with van der Waals surface area (Å²) < 4.78 is 5.22. The predicted molar refractivity (Wildman–Crippen MR) is 55.1 cm³/mol. The molecule has 0 aliphatic carbocycles. The van der Waals surface area contributed by atoms with Crippen molar-refractivity contribution in [2.45, 2.75) is 20.3 Å². The van der Waals surface area contributed by atoms with E-state index in [0.29, 0.717) is 25.7 Å². The highest BCUT2D eigenvalue weighted by molar-refractivity contribution is 5.76. The maximum atomic E-state index is 10.8. The molecule has 0 bridgehead atoms. The molecule has 1 amide bonds. The van der Waals surface area contributed by atoms with Gasteiger partial charge >= 0.3 is 0 Å². The Labute approximate surface area is 89.1 Å². The molecular formula is C9H18N2O4. The van der Waals surface area contributed by atoms with Crippen LogP contribution in [-0.2, 0) is 9.53 Å². The average Bonchev–Trinajstić information content (AvgIpc) is 2.09. The van der Waals surface area contributed by atoms with Gasteiger partial charge in [0.15, 0.2) is 0 Å². The van der Waals surface area contributed by atoms with Crippen molar-refractivity contribution >= 4 is 5.91 Å². The molecule has 15 heavy (non-hydrogen) atoms. The van der Waals surface area contributed by atoms with Crippen molar-refractivity contribution in [3.63, 3.8) is 0 Å². The van der Waals surface area contributed by atoms with E-state index >= 15 is 0 Å². The van der Waals surface area contributed by atoms with E-state index < -0.39 is 17.4 Å². The highest BCUT2D eigenvalue weighted by Gasteiger charge is 2.07. The summed E-state index contributed by atoms with van der Waals surface area (Å²) >= 11 is 0. The molecule has 6 heteroatoms. The van der Waals surface area contributed by atoms with Gasteiger partial charge in [0.05, 0.1) is 6.61 Å². The van der Waals surface area contributed by atoms with E-state index in [1.54, 1.807) is 0 Å². The number of nitro groups is 1. The molecule has 0 rings (SSSR count). The van der Waals surface area contributed by atoms with Crippen molar-refractivity contribution < 1.29 is 14.5 Å². The van der Waals surface area contributed by atoms with Crippen LogP contribution in [0.1, 0.15) is 20.3 Å². The van der Waals surface area contributed by atoms with E-state index in [2.05, 4.69) is 19.2 Å². The third-order valence-corrected chi connectivity index (χ3v) is 1.68. The number of ether oxygens (including phenoxy) is 1. The number of rotatable bonds is 8. The summed E-state index contributed by atoms with van der Waals surface area (Å²) in [5.74, 6) is 0.0153. The number of hydrogen-bond acceptors (Lipinski definition) is 4. The minimum atomic E-state index is -0.675. The summed E-state index contributed by atoms with van der Waals surface area (Å²) in [6, 6.07) is 0. The molecule has 0 atom stereocenters. The molecule has 0 saturated heterocycles. The van der Waals surface area contributed by atoms with E-state index in [0.717, 1.165) is 6.42 Å². The van der Waals surface area contributed by atoms with Gasteiger partial charge in [-0.1, -0.05) is 13.8 Å². The SMILES string of the molecule is CC(C)CCOCCNC(=O)C[N+](=O)[O-]. The Morgan fingerprint density at radius 2 is 2.13 bits per heavy atom. The first-order chi connectivity index (χ1) is 7.02. The van der Waals surface area contributed by atoms with Gasteiger partial charge in [0.25, 0.3) is 12.5 Å². The van der Waals surface area contributed by atoms with Crippen LogP contribution in [0.4, 0.5) is 0 Å². The number of nitrogens with one attached hydrogen (secondary N) is 1. The molecule has 1 N–H and O–H groups in total. The van der Waals surface area contributed by atoms with Gasteiger partial charge in [-0.15, -0.1) is 0 Å². The second-order valence-corrected chi connectivity index (χ2v) is 3.64. The zero-order valence-electron chi connectivity index (χ0n) is 9.19. The average molecular weight is 218 g/mol. The Balaban J connectivity index is 3.24. The number of amides is 1. The molecule has 0 spiro atoms. The molecule has 0 aliphatic rings. The van der Waals surface area contributed by atoms with Crippen molar-refractivity contribution in [2.75, 3.05) is 26.3 Å². The Kier molecular flexibility index (Phi) is 7.53. The molecule has 0 radical (unpaired) electrons. The number of hydrogen-bond donors (Lipinski definition) is 1. The molecule has 0 aliphatic heterocycles. The maximum absolute atomic E-state index is 10.8. The fourth-order valence-electron chi connectivity index (χ4n) is 0.857. The lowest BCUT2D eigenvalue weighted by Gasteiger charge is -2.06. The summed E-state index contributed by atoms with van der Waals surface area (Å²) in [6.45, 7) is 4.90. The van der Waals surface area contributed by atoms with E-state index in [1.165, 1.54) is 0 Å². The Hall–Kier alpha value is -1.17. The van der Waals surface area contributed by atoms with E-state index in [9.17, 15) is 14.9 Å². The standard InChI is InChI=1S/C9H18N2O4/c1-8(2)3-5-15-6-4-10-9(12)7-11(13)14/h8H,3-7H2,1-2H3,(H,10,12). The quantitative estimate of drug-likeness (QED) is 0.364. The largest absolute Gasteiger partial charge is 0.380 e. The number of carbonyl (C=O) groups is 1. The smallest absolute Gasteiger partial charge is 0.291 e. The third kappa shape index (κ3) is 10.8. The second kappa shape index (κ2) is 8.16. The monoisotopic (exact) mass is 218 g/mol. The maximum Gasteiger partial charge on any atom is 0.291 e. The lowest BCUT2D eigenvalue weighted by Crippen LogP contribution is -2.32. The van der Waals surface area contributed by atoms with Crippen LogP contribution in [-0.4, -0.2) is 37.1 Å². The fourth-order valence-corrected chi connectivity index (χ4v) is 0.857. The van der Waals surface area contributed by atoms with Crippen LogP contribution in [0.5, 0.6) is 0 Å². The van der Waals surface area contributed by atoms with Crippen LogP contribution in [0, 0.1) is 16.0 Å². The van der Waals surface area contributed by atoms with Gasteiger partial charge in [-0.25, -0.2) is 0 Å². The highest BCUT2D eigenvalue weighted by atomic mass is 16.6. The van der Waals surface area contributed by atoms with Gasteiger partial charge in [-0.3, -0.25) is 14.9 Å². The molecule has 0 aromatic carbocycles. The lowest BCUT2D eigenvalue weighted by atomic mass is 10.1. The topological polar surface area (TPSA) is 81.5 Å². The Morgan fingerprint density at radius 3 is 2.67 bits per heavy atom. The highest BCUT2D eigenvalue weighted by Crippen LogP contribution is 1.98. The van der Waals surface area contributed by atoms with Crippen LogP contribution >= 0.6 is 0 Å². The molecule has 0 unspecified atom stereocenters. The third-order valence-electron chi connectivity index (χ3n) is 1.68. The normalized spacial score (nSPS) is 10.3. The van der Waals surface area contributed by atoms with Crippen LogP contribution < -0.4 is 5.32 Å². The van der Waals surface area contributed by atoms with Crippen LogP contribution in [0.2, 0.25) is 0 Å². The molecule has 0 saturated carbocycles. The summed E-state index contributed by atoms with van der Waals surface area (Å²) in [5.41, 5.74) is 0. The summed E-state index contributed by atoms with van der Waals surface area (Å²) in [6.07, 6.45) is 0.975. The van der Waals surface area contributed by atoms with Crippen molar-refractivity contribution in [1.29, 1.82) is 0 Å². The van der Waals surface area contributed by atoms with Gasteiger partial charge in [0.2, 0.25) is 0 Å². The molecule has 6 nitrogen and oxygen atoms in total. The van der Waals surface area contributed by atoms with Gasteiger partial charge < -0.3 is 10.1 Å². The van der Waals surface area contributed by atoms with Crippen molar-refractivity contribution in [3.8, 4) is 0 Å². The summed E-state index contributed by atoms with van der Waals surface area (Å²) in [4.78, 5) is 20.1. The molecule has 0 heterocycles. The Morgan fingerprint density at radius 1 is 1.47 bits per heavy atom. The summed E-state index contributed by atoms with van der Waals surface area (Å²) in [5, 5.41) is 12.3. The van der Waals surface area contributed by atoms with Gasteiger partial charge in [0, 0.05) is 18.1 Å².